The summed E-state index contributed by atoms with van der Waals surface area (Å²) in [6.45, 7) is 0. The topological polar surface area (TPSA) is 20.9 Å². The van der Waals surface area contributed by atoms with E-state index in [1.165, 1.54) is 11.1 Å². The first-order valence-electron chi connectivity index (χ1n) is 7.62. The minimum absolute atomic E-state index is 0.00608. The normalized spacial score (nSPS) is 10.8. The molecule has 1 heterocycles. The molecule has 0 atom stereocenters. The van der Waals surface area contributed by atoms with Crippen molar-refractivity contribution in [3.05, 3.63) is 108 Å². The zero-order valence-electron chi connectivity index (χ0n) is 12.8. The minimum Gasteiger partial charge on any atom is -0.289 e. The molecular formula is C21H18NO+. The van der Waals surface area contributed by atoms with Gasteiger partial charge in [-0.3, -0.25) is 4.79 Å². The van der Waals surface area contributed by atoms with E-state index >= 15 is 0 Å². The Morgan fingerprint density at radius 2 is 1.48 bits per heavy atom. The average molecular weight is 300 g/mol. The van der Waals surface area contributed by atoms with Gasteiger partial charge in [0.2, 0.25) is 0 Å². The summed E-state index contributed by atoms with van der Waals surface area (Å²) in [5.41, 5.74) is 3.18. The predicted octanol–water partition coefficient (Wildman–Crippen LogP) is 3.92. The second-order valence-corrected chi connectivity index (χ2v) is 5.37. The van der Waals surface area contributed by atoms with Crippen molar-refractivity contribution in [2.24, 2.45) is 0 Å². The number of carbonyl (C=O) groups excluding carboxylic acids is 1. The molecule has 0 saturated heterocycles. The van der Waals surface area contributed by atoms with Gasteiger partial charge in [0.1, 0.15) is 0 Å². The van der Waals surface area contributed by atoms with Gasteiger partial charge in [-0.2, -0.15) is 4.57 Å². The van der Waals surface area contributed by atoms with Crippen molar-refractivity contribution < 1.29 is 9.36 Å². The number of benzene rings is 2. The van der Waals surface area contributed by atoms with Crippen LogP contribution in [-0.4, -0.2) is 5.78 Å². The Morgan fingerprint density at radius 3 is 2.22 bits per heavy atom. The molecule has 112 valence electrons. The number of aromatic nitrogens is 1. The predicted molar refractivity (Wildman–Crippen MR) is 92.0 cm³/mol. The third kappa shape index (κ3) is 4.24. The lowest BCUT2D eigenvalue weighted by Gasteiger charge is -1.99. The fourth-order valence-corrected chi connectivity index (χ4v) is 2.42. The molecule has 23 heavy (non-hydrogen) atoms. The van der Waals surface area contributed by atoms with Crippen molar-refractivity contribution >= 4 is 12.0 Å². The first-order chi connectivity index (χ1) is 11.3. The van der Waals surface area contributed by atoms with Gasteiger partial charge < -0.3 is 0 Å². The summed E-state index contributed by atoms with van der Waals surface area (Å²) in [5, 5.41) is 0. The third-order valence-corrected chi connectivity index (χ3v) is 3.59. The highest BCUT2D eigenvalue weighted by molar-refractivity contribution is 6.05. The summed E-state index contributed by atoms with van der Waals surface area (Å²) in [5.74, 6) is 0.00608. The standard InChI is InChI=1S/C21H18NO/c23-21(20-11-5-2-6-12-20)13-15-22-14-7-10-19(17-22)16-18-8-3-1-4-9-18/h1-15,17H,16H2/q+1. The molecule has 0 fully saturated rings. The fourth-order valence-electron chi connectivity index (χ4n) is 2.42. The number of hydrogen-bond donors (Lipinski definition) is 0. The lowest BCUT2D eigenvalue weighted by Crippen LogP contribution is -2.25. The zero-order chi connectivity index (χ0) is 15.9. The quantitative estimate of drug-likeness (QED) is 0.397. The van der Waals surface area contributed by atoms with Crippen molar-refractivity contribution in [3.8, 4) is 0 Å². The van der Waals surface area contributed by atoms with Crippen molar-refractivity contribution in [3.63, 3.8) is 0 Å². The molecule has 2 nitrogen and oxygen atoms in total. The van der Waals surface area contributed by atoms with Gasteiger partial charge in [0, 0.05) is 23.6 Å². The second kappa shape index (κ2) is 7.32. The second-order valence-electron chi connectivity index (χ2n) is 5.37. The highest BCUT2D eigenvalue weighted by Crippen LogP contribution is 2.07. The molecule has 1 aromatic heterocycles. The van der Waals surface area contributed by atoms with Crippen LogP contribution in [0.4, 0.5) is 0 Å². The molecule has 0 aliphatic carbocycles. The van der Waals surface area contributed by atoms with Gasteiger partial charge in [0.15, 0.2) is 24.4 Å². The molecule has 2 aromatic carbocycles. The van der Waals surface area contributed by atoms with Crippen LogP contribution in [0.3, 0.4) is 0 Å². The van der Waals surface area contributed by atoms with Crippen molar-refractivity contribution in [1.82, 2.24) is 0 Å². The van der Waals surface area contributed by atoms with Gasteiger partial charge in [0.25, 0.3) is 0 Å². The Balaban J connectivity index is 1.72. The highest BCUT2D eigenvalue weighted by atomic mass is 16.1. The zero-order valence-corrected chi connectivity index (χ0v) is 12.8. The first-order valence-corrected chi connectivity index (χ1v) is 7.62. The van der Waals surface area contributed by atoms with E-state index < -0.39 is 0 Å². The average Bonchev–Trinajstić information content (AvgIpc) is 2.62. The van der Waals surface area contributed by atoms with Crippen LogP contribution in [0.2, 0.25) is 0 Å². The maximum absolute atomic E-state index is 12.1. The van der Waals surface area contributed by atoms with Gasteiger partial charge in [-0.25, -0.2) is 0 Å². The maximum atomic E-state index is 12.1. The fraction of sp³-hybridized carbons (Fsp3) is 0.0476. The molecule has 0 amide bonds. The minimum atomic E-state index is 0.00608. The van der Waals surface area contributed by atoms with Gasteiger partial charge in [-0.05, 0) is 11.6 Å². The van der Waals surface area contributed by atoms with E-state index in [2.05, 4.69) is 18.2 Å². The van der Waals surface area contributed by atoms with Crippen molar-refractivity contribution in [1.29, 1.82) is 0 Å². The van der Waals surface area contributed by atoms with E-state index in [9.17, 15) is 4.79 Å². The van der Waals surface area contributed by atoms with E-state index in [1.807, 2.05) is 71.6 Å². The molecule has 2 heteroatoms. The van der Waals surface area contributed by atoms with E-state index in [0.717, 1.165) is 6.42 Å². The molecule has 0 saturated carbocycles. The number of hydrogen-bond acceptors (Lipinski definition) is 1. The smallest absolute Gasteiger partial charge is 0.191 e. The van der Waals surface area contributed by atoms with Crippen LogP contribution in [0.25, 0.3) is 6.20 Å². The Bertz CT molecular complexity index is 808. The third-order valence-electron chi connectivity index (χ3n) is 3.59. The summed E-state index contributed by atoms with van der Waals surface area (Å²) in [6, 6.07) is 23.7. The van der Waals surface area contributed by atoms with Crippen molar-refractivity contribution in [2.75, 3.05) is 0 Å². The molecular weight excluding hydrogens is 282 g/mol. The number of ketones is 1. The highest BCUT2D eigenvalue weighted by Gasteiger charge is 2.04. The van der Waals surface area contributed by atoms with Crippen LogP contribution in [0.15, 0.2) is 91.3 Å². The van der Waals surface area contributed by atoms with Crippen molar-refractivity contribution in [2.45, 2.75) is 6.42 Å². The number of carbonyl (C=O) groups is 1. The van der Waals surface area contributed by atoms with E-state index in [0.29, 0.717) is 5.56 Å². The largest absolute Gasteiger partial charge is 0.289 e. The van der Waals surface area contributed by atoms with Crippen LogP contribution in [0, 0.1) is 0 Å². The van der Waals surface area contributed by atoms with Crippen LogP contribution < -0.4 is 4.57 Å². The molecule has 3 aromatic rings. The van der Waals surface area contributed by atoms with Crippen LogP contribution >= 0.6 is 0 Å². The molecule has 0 unspecified atom stereocenters. The molecule has 0 bridgehead atoms. The molecule has 0 N–H and O–H groups in total. The maximum Gasteiger partial charge on any atom is 0.191 e. The number of allylic oxidation sites excluding steroid dienone is 1. The van der Waals surface area contributed by atoms with Crippen LogP contribution in [-0.2, 0) is 6.42 Å². The molecule has 0 aliphatic rings. The number of pyridine rings is 1. The number of nitrogens with zero attached hydrogens (tertiary/aromatic N) is 1. The van der Waals surface area contributed by atoms with Gasteiger partial charge in [0.05, 0.1) is 6.08 Å². The van der Waals surface area contributed by atoms with E-state index in [4.69, 9.17) is 0 Å². The lowest BCUT2D eigenvalue weighted by atomic mass is 10.1. The van der Waals surface area contributed by atoms with Crippen LogP contribution in [0.5, 0.6) is 0 Å². The molecule has 0 radical (unpaired) electrons. The monoisotopic (exact) mass is 300 g/mol. The summed E-state index contributed by atoms with van der Waals surface area (Å²) in [6.07, 6.45) is 8.25. The van der Waals surface area contributed by atoms with Gasteiger partial charge in [-0.15, -0.1) is 0 Å². The Kier molecular flexibility index (Phi) is 4.75. The summed E-state index contributed by atoms with van der Waals surface area (Å²) in [4.78, 5) is 12.1. The number of rotatable bonds is 5. The summed E-state index contributed by atoms with van der Waals surface area (Å²) < 4.78 is 1.92. The lowest BCUT2D eigenvalue weighted by molar-refractivity contribution is -0.568. The SMILES string of the molecule is O=C(C=C[n+]1cccc(Cc2ccccc2)c1)c1ccccc1. The van der Waals surface area contributed by atoms with E-state index in [1.54, 1.807) is 12.3 Å². The Morgan fingerprint density at radius 1 is 0.826 bits per heavy atom. The molecule has 3 rings (SSSR count). The summed E-state index contributed by atoms with van der Waals surface area (Å²) in [7, 11) is 0. The Labute approximate surface area is 136 Å². The Hall–Kier alpha value is -3.00. The van der Waals surface area contributed by atoms with Crippen LogP contribution in [0.1, 0.15) is 21.5 Å². The van der Waals surface area contributed by atoms with Gasteiger partial charge in [-0.1, -0.05) is 60.7 Å². The molecule has 0 spiro atoms. The summed E-state index contributed by atoms with van der Waals surface area (Å²) >= 11 is 0. The van der Waals surface area contributed by atoms with Gasteiger partial charge >= 0.3 is 0 Å². The van der Waals surface area contributed by atoms with E-state index in [-0.39, 0.29) is 5.78 Å². The first kappa shape index (κ1) is 14.9. The molecule has 0 aliphatic heterocycles.